The molecule has 0 aliphatic rings. The number of hydrogen-bond acceptors (Lipinski definition) is 3. The Labute approximate surface area is 154 Å². The van der Waals surface area contributed by atoms with Crippen LogP contribution in [0.15, 0.2) is 48.5 Å². The summed E-state index contributed by atoms with van der Waals surface area (Å²) in [4.78, 5) is 0. The van der Waals surface area contributed by atoms with E-state index in [0.717, 1.165) is 18.4 Å². The first kappa shape index (κ1) is 20.0. The maximum absolute atomic E-state index is 12.7. The third-order valence-electron chi connectivity index (χ3n) is 3.13. The summed E-state index contributed by atoms with van der Waals surface area (Å²) in [6, 6.07) is 11.4. The third-order valence-corrected chi connectivity index (χ3v) is 3.98. The van der Waals surface area contributed by atoms with E-state index in [1.165, 1.54) is 6.07 Å². The molecular weight excluding hydrogens is 387 g/mol. The van der Waals surface area contributed by atoms with Crippen LogP contribution in [-0.2, 0) is 22.7 Å². The molecule has 26 heavy (non-hydrogen) atoms. The predicted octanol–water partition coefficient (Wildman–Crippen LogP) is 3.56. The van der Waals surface area contributed by atoms with E-state index in [-0.39, 0.29) is 11.7 Å². The Morgan fingerprint density at radius 3 is 2.38 bits per heavy atom. The molecule has 0 aromatic heterocycles. The molecule has 2 aromatic rings. The van der Waals surface area contributed by atoms with Gasteiger partial charge in [0.2, 0.25) is 10.0 Å². The Bertz CT molecular complexity index is 900. The number of halogens is 3. The smallest absolute Gasteiger partial charge is 0.358 e. The fourth-order valence-electron chi connectivity index (χ4n) is 2.09. The van der Waals surface area contributed by atoms with E-state index in [9.17, 15) is 21.6 Å². The number of rotatable bonds is 5. The van der Waals surface area contributed by atoms with Gasteiger partial charge >= 0.3 is 6.18 Å². The van der Waals surface area contributed by atoms with E-state index < -0.39 is 21.8 Å². The summed E-state index contributed by atoms with van der Waals surface area (Å²) < 4.78 is 62.9. The summed E-state index contributed by atoms with van der Waals surface area (Å²) in [6.07, 6.45) is -3.36. The molecular formula is C16H16F3N3O2S2. The molecule has 0 heterocycles. The molecule has 2 aromatic carbocycles. The maximum atomic E-state index is 12.7. The molecule has 0 amide bonds. The monoisotopic (exact) mass is 403 g/mol. The average molecular weight is 403 g/mol. The summed E-state index contributed by atoms with van der Waals surface area (Å²) in [5.41, 5.74) is 0.588. The molecule has 0 aliphatic heterocycles. The van der Waals surface area contributed by atoms with Gasteiger partial charge in [-0.1, -0.05) is 18.2 Å². The van der Waals surface area contributed by atoms with Crippen molar-refractivity contribution in [3.05, 3.63) is 59.7 Å². The highest BCUT2D eigenvalue weighted by Crippen LogP contribution is 2.29. The third kappa shape index (κ3) is 6.52. The minimum absolute atomic E-state index is 0.108. The van der Waals surface area contributed by atoms with Gasteiger partial charge in [0.25, 0.3) is 0 Å². The summed E-state index contributed by atoms with van der Waals surface area (Å²) in [5, 5.41) is 5.85. The van der Waals surface area contributed by atoms with Crippen molar-refractivity contribution in [3.8, 4) is 0 Å². The maximum Gasteiger partial charge on any atom is 0.416 e. The average Bonchev–Trinajstić information content (AvgIpc) is 2.51. The molecule has 0 aliphatic carbocycles. The molecule has 0 spiro atoms. The molecule has 0 unspecified atom stereocenters. The van der Waals surface area contributed by atoms with E-state index >= 15 is 0 Å². The second-order valence-electron chi connectivity index (χ2n) is 5.46. The summed E-state index contributed by atoms with van der Waals surface area (Å²) in [6.45, 7) is 0.108. The van der Waals surface area contributed by atoms with Gasteiger partial charge in [0.05, 0.1) is 17.5 Å². The first-order valence-corrected chi connectivity index (χ1v) is 9.62. The molecule has 0 saturated carbocycles. The first-order valence-electron chi connectivity index (χ1n) is 7.32. The van der Waals surface area contributed by atoms with Crippen LogP contribution in [0.5, 0.6) is 0 Å². The molecule has 0 fully saturated rings. The lowest BCUT2D eigenvalue weighted by Crippen LogP contribution is -2.28. The van der Waals surface area contributed by atoms with Gasteiger partial charge in [0, 0.05) is 12.2 Å². The van der Waals surface area contributed by atoms with Crippen LogP contribution in [0.1, 0.15) is 11.1 Å². The number of anilines is 2. The molecule has 0 bridgehead atoms. The van der Waals surface area contributed by atoms with Crippen molar-refractivity contribution in [3.63, 3.8) is 0 Å². The van der Waals surface area contributed by atoms with Gasteiger partial charge in [-0.15, -0.1) is 0 Å². The first-order chi connectivity index (χ1) is 12.0. The molecule has 0 atom stereocenters. The number of hydrogen-bond donors (Lipinski definition) is 3. The number of sulfonamides is 1. The lowest BCUT2D eigenvalue weighted by atomic mass is 10.1. The number of thiocarbonyl (C=S) groups is 1. The van der Waals surface area contributed by atoms with Crippen LogP contribution >= 0.6 is 12.2 Å². The van der Waals surface area contributed by atoms with E-state index in [0.29, 0.717) is 16.9 Å². The summed E-state index contributed by atoms with van der Waals surface area (Å²) >= 11 is 5.11. The van der Waals surface area contributed by atoms with Gasteiger partial charge in [0.1, 0.15) is 0 Å². The molecule has 0 radical (unpaired) electrons. The largest absolute Gasteiger partial charge is 0.416 e. The molecule has 140 valence electrons. The van der Waals surface area contributed by atoms with Gasteiger partial charge in [-0.25, -0.2) is 8.42 Å². The Morgan fingerprint density at radius 1 is 1.08 bits per heavy atom. The molecule has 5 nitrogen and oxygen atoms in total. The highest BCUT2D eigenvalue weighted by Gasteiger charge is 2.30. The lowest BCUT2D eigenvalue weighted by Gasteiger charge is -2.13. The quantitative estimate of drug-likeness (QED) is 0.666. The van der Waals surface area contributed by atoms with Crippen molar-refractivity contribution in [2.24, 2.45) is 0 Å². The Hall–Kier alpha value is -2.33. The Balaban J connectivity index is 1.96. The minimum atomic E-state index is -4.40. The highest BCUT2D eigenvalue weighted by atomic mass is 32.2. The second kappa shape index (κ2) is 7.92. The van der Waals surface area contributed by atoms with E-state index in [1.54, 1.807) is 30.3 Å². The van der Waals surface area contributed by atoms with Crippen molar-refractivity contribution < 1.29 is 21.6 Å². The normalized spacial score (nSPS) is 11.7. The van der Waals surface area contributed by atoms with Crippen LogP contribution in [0.4, 0.5) is 24.5 Å². The molecule has 10 heteroatoms. The standard InChI is InChI=1S/C16H16F3N3O2S2/c1-26(23,24)22-14-7-3-6-13(9-14)21-15(25)20-10-11-4-2-5-12(8-11)16(17,18)19/h2-9,22H,10H2,1H3,(H2,20,21,25). The van der Waals surface area contributed by atoms with Gasteiger partial charge in [-0.3, -0.25) is 4.72 Å². The van der Waals surface area contributed by atoms with Crippen LogP contribution in [-0.4, -0.2) is 19.8 Å². The lowest BCUT2D eigenvalue weighted by molar-refractivity contribution is -0.137. The highest BCUT2D eigenvalue weighted by molar-refractivity contribution is 7.92. The molecule has 3 N–H and O–H groups in total. The second-order valence-corrected chi connectivity index (χ2v) is 7.62. The van der Waals surface area contributed by atoms with Gasteiger partial charge in [-0.2, -0.15) is 13.2 Å². The van der Waals surface area contributed by atoms with Crippen molar-refractivity contribution in [2.45, 2.75) is 12.7 Å². The van der Waals surface area contributed by atoms with Crippen molar-refractivity contribution in [1.82, 2.24) is 5.32 Å². The van der Waals surface area contributed by atoms with Crippen LogP contribution < -0.4 is 15.4 Å². The predicted molar refractivity (Wildman–Crippen MR) is 99.4 cm³/mol. The number of benzene rings is 2. The van der Waals surface area contributed by atoms with Gasteiger partial charge < -0.3 is 10.6 Å². The Kier molecular flexibility index (Phi) is 6.09. The van der Waals surface area contributed by atoms with E-state index in [2.05, 4.69) is 15.4 Å². The SMILES string of the molecule is CS(=O)(=O)Nc1cccc(NC(=S)NCc2cccc(C(F)(F)F)c2)c1. The van der Waals surface area contributed by atoms with Crippen LogP contribution in [0.25, 0.3) is 0 Å². The fourth-order valence-corrected chi connectivity index (χ4v) is 2.83. The van der Waals surface area contributed by atoms with E-state index in [4.69, 9.17) is 12.2 Å². The minimum Gasteiger partial charge on any atom is -0.358 e. The summed E-state index contributed by atoms with van der Waals surface area (Å²) in [7, 11) is -3.40. The zero-order chi connectivity index (χ0) is 19.4. The topological polar surface area (TPSA) is 70.2 Å². The number of alkyl halides is 3. The molecule has 2 rings (SSSR count). The molecule has 0 saturated heterocycles. The zero-order valence-corrected chi connectivity index (χ0v) is 15.2. The fraction of sp³-hybridized carbons (Fsp3) is 0.188. The summed E-state index contributed by atoms with van der Waals surface area (Å²) in [5.74, 6) is 0. The van der Waals surface area contributed by atoms with Crippen LogP contribution in [0.2, 0.25) is 0 Å². The Morgan fingerprint density at radius 2 is 1.73 bits per heavy atom. The van der Waals surface area contributed by atoms with Gasteiger partial charge in [0.15, 0.2) is 5.11 Å². The van der Waals surface area contributed by atoms with Crippen molar-refractivity contribution in [1.29, 1.82) is 0 Å². The van der Waals surface area contributed by atoms with Crippen molar-refractivity contribution in [2.75, 3.05) is 16.3 Å². The van der Waals surface area contributed by atoms with Crippen molar-refractivity contribution >= 4 is 38.7 Å². The zero-order valence-electron chi connectivity index (χ0n) is 13.6. The van der Waals surface area contributed by atoms with E-state index in [1.807, 2.05) is 0 Å². The number of nitrogens with one attached hydrogen (secondary N) is 3. The van der Waals surface area contributed by atoms with Crippen LogP contribution in [0, 0.1) is 0 Å². The van der Waals surface area contributed by atoms with Gasteiger partial charge in [-0.05, 0) is 48.1 Å². The van der Waals surface area contributed by atoms with Crippen LogP contribution in [0.3, 0.4) is 0 Å².